The van der Waals surface area contributed by atoms with E-state index in [9.17, 15) is 0 Å². The standard InChI is InChI=1S/C24H26N6O/c1-28-11-12-29(14-20-6-4-10-26-24(20)31-2)16-22(28)23-21-8-7-19(15-30(21)17-27-23)18-5-3-9-25-13-18/h3-10,13,15,17,22H,11-12,14,16H2,1-2H3. The second kappa shape index (κ2) is 8.45. The van der Waals surface area contributed by atoms with Crippen molar-refractivity contribution in [1.82, 2.24) is 29.2 Å². The maximum Gasteiger partial charge on any atom is 0.217 e. The Balaban J connectivity index is 1.40. The van der Waals surface area contributed by atoms with E-state index in [-0.39, 0.29) is 6.04 Å². The molecule has 1 aliphatic heterocycles. The highest BCUT2D eigenvalue weighted by Gasteiger charge is 2.29. The number of likely N-dealkylation sites (N-methyl/N-ethyl adjacent to an activating group) is 1. The molecule has 0 bridgehead atoms. The zero-order valence-electron chi connectivity index (χ0n) is 17.8. The molecule has 0 aliphatic carbocycles. The molecule has 1 unspecified atom stereocenters. The summed E-state index contributed by atoms with van der Waals surface area (Å²) in [4.78, 5) is 18.3. The van der Waals surface area contributed by atoms with Gasteiger partial charge in [0, 0.05) is 62.1 Å². The van der Waals surface area contributed by atoms with E-state index in [0.29, 0.717) is 5.88 Å². The lowest BCUT2D eigenvalue weighted by atomic mass is 10.1. The minimum atomic E-state index is 0.227. The Morgan fingerprint density at radius 1 is 1.03 bits per heavy atom. The van der Waals surface area contributed by atoms with Crippen molar-refractivity contribution >= 4 is 5.52 Å². The lowest BCUT2D eigenvalue weighted by molar-refractivity contribution is 0.0885. The number of pyridine rings is 3. The molecule has 0 saturated carbocycles. The molecule has 5 heterocycles. The van der Waals surface area contributed by atoms with Gasteiger partial charge in [-0.2, -0.15) is 0 Å². The van der Waals surface area contributed by atoms with Crippen LogP contribution in [-0.4, -0.2) is 62.9 Å². The van der Waals surface area contributed by atoms with E-state index in [1.165, 1.54) is 0 Å². The third kappa shape index (κ3) is 3.89. The van der Waals surface area contributed by atoms with E-state index in [1.807, 2.05) is 24.7 Å². The van der Waals surface area contributed by atoms with Crippen LogP contribution in [0.4, 0.5) is 0 Å². The Morgan fingerprint density at radius 2 is 1.94 bits per heavy atom. The Labute approximate surface area is 182 Å². The molecular weight excluding hydrogens is 388 g/mol. The maximum absolute atomic E-state index is 5.44. The number of piperazine rings is 1. The highest BCUT2D eigenvalue weighted by molar-refractivity contribution is 5.66. The third-order valence-corrected chi connectivity index (χ3v) is 6.04. The van der Waals surface area contributed by atoms with Crippen molar-refractivity contribution in [3.8, 4) is 17.0 Å². The smallest absolute Gasteiger partial charge is 0.217 e. The fourth-order valence-corrected chi connectivity index (χ4v) is 4.32. The van der Waals surface area contributed by atoms with E-state index >= 15 is 0 Å². The Hall–Kier alpha value is -3.29. The first-order chi connectivity index (χ1) is 15.2. The second-order valence-corrected chi connectivity index (χ2v) is 7.99. The molecule has 0 amide bonds. The normalized spacial score (nSPS) is 17.8. The number of fused-ring (bicyclic) bond motifs is 1. The van der Waals surface area contributed by atoms with Crippen molar-refractivity contribution in [1.29, 1.82) is 0 Å². The Kier molecular flexibility index (Phi) is 5.36. The minimum absolute atomic E-state index is 0.227. The molecule has 4 aromatic heterocycles. The summed E-state index contributed by atoms with van der Waals surface area (Å²) in [5, 5.41) is 0. The summed E-state index contributed by atoms with van der Waals surface area (Å²) in [6, 6.07) is 12.6. The van der Waals surface area contributed by atoms with E-state index in [0.717, 1.165) is 54.1 Å². The largest absolute Gasteiger partial charge is 0.481 e. The number of imidazole rings is 1. The number of nitrogens with zero attached hydrogens (tertiary/aromatic N) is 6. The van der Waals surface area contributed by atoms with Gasteiger partial charge < -0.3 is 9.14 Å². The summed E-state index contributed by atoms with van der Waals surface area (Å²) >= 11 is 0. The lowest BCUT2D eigenvalue weighted by Crippen LogP contribution is -2.46. The van der Waals surface area contributed by atoms with Crippen molar-refractivity contribution in [2.45, 2.75) is 12.6 Å². The van der Waals surface area contributed by atoms with Gasteiger partial charge in [0.2, 0.25) is 5.88 Å². The van der Waals surface area contributed by atoms with Crippen molar-refractivity contribution < 1.29 is 4.74 Å². The average Bonchev–Trinajstić information content (AvgIpc) is 3.24. The van der Waals surface area contributed by atoms with E-state index < -0.39 is 0 Å². The fraction of sp³-hybridized carbons (Fsp3) is 0.292. The van der Waals surface area contributed by atoms with Crippen LogP contribution in [0.2, 0.25) is 0 Å². The highest BCUT2D eigenvalue weighted by atomic mass is 16.5. The fourth-order valence-electron chi connectivity index (χ4n) is 4.32. The first-order valence-corrected chi connectivity index (χ1v) is 10.5. The lowest BCUT2D eigenvalue weighted by Gasteiger charge is -2.39. The number of methoxy groups -OCH3 is 1. The van der Waals surface area contributed by atoms with Crippen molar-refractivity contribution in [3.63, 3.8) is 0 Å². The van der Waals surface area contributed by atoms with E-state index in [1.54, 1.807) is 19.5 Å². The monoisotopic (exact) mass is 414 g/mol. The van der Waals surface area contributed by atoms with Gasteiger partial charge in [-0.15, -0.1) is 0 Å². The van der Waals surface area contributed by atoms with Gasteiger partial charge in [0.05, 0.1) is 30.7 Å². The van der Waals surface area contributed by atoms with Crippen LogP contribution < -0.4 is 4.74 Å². The van der Waals surface area contributed by atoms with Crippen LogP contribution in [0.25, 0.3) is 16.6 Å². The molecule has 1 saturated heterocycles. The summed E-state index contributed by atoms with van der Waals surface area (Å²) in [7, 11) is 3.86. The summed E-state index contributed by atoms with van der Waals surface area (Å²) in [6.07, 6.45) is 9.50. The van der Waals surface area contributed by atoms with Gasteiger partial charge in [0.25, 0.3) is 0 Å². The van der Waals surface area contributed by atoms with Gasteiger partial charge >= 0.3 is 0 Å². The molecular formula is C24H26N6O. The number of ether oxygens (including phenoxy) is 1. The van der Waals surface area contributed by atoms with Crippen molar-refractivity contribution in [2.24, 2.45) is 0 Å². The van der Waals surface area contributed by atoms with Crippen LogP contribution in [0.15, 0.2) is 67.5 Å². The van der Waals surface area contributed by atoms with E-state index in [4.69, 9.17) is 9.72 Å². The predicted molar refractivity (Wildman–Crippen MR) is 120 cm³/mol. The molecule has 0 radical (unpaired) electrons. The van der Waals surface area contributed by atoms with Crippen molar-refractivity contribution in [3.05, 3.63) is 78.8 Å². The van der Waals surface area contributed by atoms with Crippen LogP contribution in [0, 0.1) is 0 Å². The van der Waals surface area contributed by atoms with Crippen LogP contribution in [0.5, 0.6) is 5.88 Å². The zero-order chi connectivity index (χ0) is 21.2. The quantitative estimate of drug-likeness (QED) is 0.500. The molecule has 5 rings (SSSR count). The number of hydrogen-bond donors (Lipinski definition) is 0. The Bertz CT molecular complexity index is 1180. The maximum atomic E-state index is 5.44. The van der Waals surface area contributed by atoms with Crippen LogP contribution in [0.3, 0.4) is 0 Å². The summed E-state index contributed by atoms with van der Waals surface area (Å²) in [5.74, 6) is 0.702. The van der Waals surface area contributed by atoms with Crippen molar-refractivity contribution in [2.75, 3.05) is 33.8 Å². The van der Waals surface area contributed by atoms with Crippen LogP contribution >= 0.6 is 0 Å². The van der Waals surface area contributed by atoms with Gasteiger partial charge in [0.1, 0.15) is 0 Å². The Morgan fingerprint density at radius 3 is 2.77 bits per heavy atom. The van der Waals surface area contributed by atoms with E-state index in [2.05, 4.69) is 61.7 Å². The second-order valence-electron chi connectivity index (χ2n) is 7.99. The van der Waals surface area contributed by atoms with Gasteiger partial charge in [0.15, 0.2) is 0 Å². The first-order valence-electron chi connectivity index (χ1n) is 10.5. The van der Waals surface area contributed by atoms with Crippen LogP contribution in [0.1, 0.15) is 17.3 Å². The number of hydrogen-bond acceptors (Lipinski definition) is 6. The minimum Gasteiger partial charge on any atom is -0.481 e. The first kappa shape index (κ1) is 19.7. The average molecular weight is 415 g/mol. The molecule has 0 aromatic carbocycles. The topological polar surface area (TPSA) is 58.8 Å². The summed E-state index contributed by atoms with van der Waals surface area (Å²) < 4.78 is 7.56. The zero-order valence-corrected chi connectivity index (χ0v) is 17.8. The number of aromatic nitrogens is 4. The highest BCUT2D eigenvalue weighted by Crippen LogP contribution is 2.29. The summed E-state index contributed by atoms with van der Waals surface area (Å²) in [5.41, 5.74) is 5.61. The molecule has 1 atom stereocenters. The predicted octanol–water partition coefficient (Wildman–Crippen LogP) is 3.29. The van der Waals surface area contributed by atoms with Gasteiger partial charge in [-0.25, -0.2) is 9.97 Å². The third-order valence-electron chi connectivity index (χ3n) is 6.04. The molecule has 31 heavy (non-hydrogen) atoms. The molecule has 4 aromatic rings. The van der Waals surface area contributed by atoms with Gasteiger partial charge in [-0.05, 0) is 30.8 Å². The molecule has 158 valence electrons. The van der Waals surface area contributed by atoms with Gasteiger partial charge in [-0.1, -0.05) is 18.2 Å². The SMILES string of the molecule is COc1ncccc1CN1CCN(C)C(c2ncn3cc(-c4cccnc4)ccc23)C1. The summed E-state index contributed by atoms with van der Waals surface area (Å²) in [6.45, 7) is 3.71. The molecule has 1 fully saturated rings. The molecule has 1 aliphatic rings. The molecule has 0 spiro atoms. The molecule has 7 nitrogen and oxygen atoms in total. The molecule has 7 heteroatoms. The van der Waals surface area contributed by atoms with Crippen LogP contribution in [-0.2, 0) is 6.54 Å². The molecule has 0 N–H and O–H groups in total. The number of rotatable bonds is 5. The van der Waals surface area contributed by atoms with Gasteiger partial charge in [-0.3, -0.25) is 14.8 Å².